The lowest BCUT2D eigenvalue weighted by atomic mass is 10.3. The summed E-state index contributed by atoms with van der Waals surface area (Å²) >= 11 is 1.11. The topological polar surface area (TPSA) is 69.4 Å². The first-order valence-electron chi connectivity index (χ1n) is 4.88. The van der Waals surface area contributed by atoms with E-state index in [9.17, 15) is 14.9 Å². The number of rotatable bonds is 5. The van der Waals surface area contributed by atoms with Gasteiger partial charge < -0.3 is 4.74 Å². The zero-order chi connectivity index (χ0) is 12.7. The van der Waals surface area contributed by atoms with E-state index in [1.165, 1.54) is 17.6 Å². The number of hydrogen-bond acceptors (Lipinski definition) is 5. The van der Waals surface area contributed by atoms with Crippen LogP contribution in [-0.2, 0) is 9.53 Å². The van der Waals surface area contributed by atoms with Crippen molar-refractivity contribution in [2.45, 2.75) is 11.8 Å². The molecule has 0 aromatic heterocycles. The summed E-state index contributed by atoms with van der Waals surface area (Å²) in [5.41, 5.74) is 0.0195. The van der Waals surface area contributed by atoms with E-state index in [-0.39, 0.29) is 5.69 Å². The number of nitro benzene ring substituents is 1. The van der Waals surface area contributed by atoms with Gasteiger partial charge in [-0.05, 0) is 18.4 Å². The molecule has 0 atom stereocenters. The first-order valence-corrected chi connectivity index (χ1v) is 5.76. The van der Waals surface area contributed by atoms with Gasteiger partial charge in [-0.1, -0.05) is 23.9 Å². The Balaban J connectivity index is 2.69. The van der Waals surface area contributed by atoms with Crippen LogP contribution in [0.3, 0.4) is 0 Å². The molecule has 0 amide bonds. The van der Waals surface area contributed by atoms with Gasteiger partial charge in [0.05, 0.1) is 16.4 Å². The van der Waals surface area contributed by atoms with Gasteiger partial charge in [0.1, 0.15) is 0 Å². The van der Waals surface area contributed by atoms with E-state index in [0.29, 0.717) is 11.5 Å². The fourth-order valence-electron chi connectivity index (χ4n) is 1.06. The van der Waals surface area contributed by atoms with E-state index in [1.807, 2.05) is 0 Å². The number of thioether (sulfide) groups is 1. The number of carbonyl (C=O) groups excluding carboxylic acids is 1. The maximum atomic E-state index is 11.0. The molecule has 0 saturated carbocycles. The van der Waals surface area contributed by atoms with E-state index >= 15 is 0 Å². The van der Waals surface area contributed by atoms with Gasteiger partial charge >= 0.3 is 5.97 Å². The Morgan fingerprint density at radius 2 is 2.24 bits per heavy atom. The van der Waals surface area contributed by atoms with Crippen LogP contribution in [0.1, 0.15) is 6.92 Å². The Hall–Kier alpha value is -1.82. The van der Waals surface area contributed by atoms with Crippen molar-refractivity contribution in [3.05, 3.63) is 45.9 Å². The molecule has 0 fully saturated rings. The Morgan fingerprint density at radius 1 is 1.53 bits per heavy atom. The molecular weight excluding hydrogens is 242 g/mol. The number of nitro groups is 1. The van der Waals surface area contributed by atoms with Crippen molar-refractivity contribution in [2.24, 2.45) is 0 Å². The molecule has 0 aliphatic heterocycles. The van der Waals surface area contributed by atoms with Crippen LogP contribution in [0.5, 0.6) is 0 Å². The third-order valence-corrected chi connectivity index (χ3v) is 2.62. The Morgan fingerprint density at radius 3 is 2.88 bits per heavy atom. The summed E-state index contributed by atoms with van der Waals surface area (Å²) in [6.45, 7) is 2.01. The maximum Gasteiger partial charge on any atom is 0.331 e. The second-order valence-corrected chi connectivity index (χ2v) is 3.85. The van der Waals surface area contributed by atoms with Crippen molar-refractivity contribution < 1.29 is 14.5 Å². The average Bonchev–Trinajstić information content (AvgIpc) is 2.30. The summed E-state index contributed by atoms with van der Waals surface area (Å²) in [6, 6.07) is 6.34. The molecule has 0 saturated heterocycles. The van der Waals surface area contributed by atoms with Crippen molar-refractivity contribution >= 4 is 23.4 Å². The van der Waals surface area contributed by atoms with Gasteiger partial charge in [-0.2, -0.15) is 0 Å². The van der Waals surface area contributed by atoms with E-state index < -0.39 is 10.9 Å². The number of para-hydroxylation sites is 1. The maximum absolute atomic E-state index is 11.0. The molecule has 1 aromatic rings. The van der Waals surface area contributed by atoms with Crippen molar-refractivity contribution in [2.75, 3.05) is 6.61 Å². The minimum atomic E-state index is -0.460. The standard InChI is InChI=1S/C11H11NO4S/c1-2-16-11(13)7-8-17-10-6-4-3-5-9(10)12(14)15/h3-8H,2H2,1H3/b8-7+. The highest BCUT2D eigenvalue weighted by atomic mass is 32.2. The second kappa shape index (κ2) is 6.70. The quantitative estimate of drug-likeness (QED) is 0.265. The fourth-order valence-corrected chi connectivity index (χ4v) is 1.81. The van der Waals surface area contributed by atoms with Crippen LogP contribution < -0.4 is 0 Å². The van der Waals surface area contributed by atoms with Crippen LogP contribution in [0.2, 0.25) is 0 Å². The average molecular weight is 253 g/mol. The Labute approximate surface area is 103 Å². The lowest BCUT2D eigenvalue weighted by Crippen LogP contribution is -1.98. The number of esters is 1. The molecule has 1 rings (SSSR count). The lowest BCUT2D eigenvalue weighted by molar-refractivity contribution is -0.387. The molecule has 0 heterocycles. The third kappa shape index (κ3) is 4.28. The molecule has 0 N–H and O–H groups in total. The van der Waals surface area contributed by atoms with E-state index in [4.69, 9.17) is 0 Å². The number of hydrogen-bond donors (Lipinski definition) is 0. The van der Waals surface area contributed by atoms with Gasteiger partial charge in [0.25, 0.3) is 5.69 Å². The van der Waals surface area contributed by atoms with Gasteiger partial charge in [0, 0.05) is 12.1 Å². The van der Waals surface area contributed by atoms with E-state index in [2.05, 4.69) is 4.74 Å². The van der Waals surface area contributed by atoms with Crippen LogP contribution in [0.4, 0.5) is 5.69 Å². The Bertz CT molecular complexity index is 445. The molecule has 1 aromatic carbocycles. The van der Waals surface area contributed by atoms with Gasteiger partial charge in [-0.3, -0.25) is 10.1 Å². The largest absolute Gasteiger partial charge is 0.463 e. The van der Waals surface area contributed by atoms with Crippen LogP contribution in [0, 0.1) is 10.1 Å². The van der Waals surface area contributed by atoms with E-state index in [0.717, 1.165) is 11.8 Å². The number of carbonyl (C=O) groups is 1. The summed E-state index contributed by atoms with van der Waals surface area (Å²) in [5, 5.41) is 12.2. The molecule has 17 heavy (non-hydrogen) atoms. The van der Waals surface area contributed by atoms with Gasteiger partial charge in [0.2, 0.25) is 0 Å². The predicted molar refractivity (Wildman–Crippen MR) is 64.7 cm³/mol. The molecule has 5 nitrogen and oxygen atoms in total. The van der Waals surface area contributed by atoms with Crippen LogP contribution in [-0.4, -0.2) is 17.5 Å². The molecular formula is C11H11NO4S. The molecule has 0 bridgehead atoms. The number of nitrogens with zero attached hydrogens (tertiary/aromatic N) is 1. The molecule has 90 valence electrons. The molecule has 6 heteroatoms. The summed E-state index contributed by atoms with van der Waals surface area (Å²) in [4.78, 5) is 21.7. The van der Waals surface area contributed by atoms with Crippen LogP contribution >= 0.6 is 11.8 Å². The monoisotopic (exact) mass is 253 g/mol. The zero-order valence-electron chi connectivity index (χ0n) is 9.16. The molecule has 0 radical (unpaired) electrons. The summed E-state index contributed by atoms with van der Waals surface area (Å²) < 4.78 is 4.68. The first-order chi connectivity index (χ1) is 8.15. The number of ether oxygens (including phenoxy) is 1. The molecule has 0 aliphatic carbocycles. The Kier molecular flexibility index (Phi) is 5.22. The molecule has 0 spiro atoms. The zero-order valence-corrected chi connectivity index (χ0v) is 9.98. The lowest BCUT2D eigenvalue weighted by Gasteiger charge is -1.98. The normalized spacial score (nSPS) is 10.4. The minimum absolute atomic E-state index is 0.0195. The molecule has 0 unspecified atom stereocenters. The smallest absolute Gasteiger partial charge is 0.331 e. The molecule has 0 aliphatic rings. The van der Waals surface area contributed by atoms with Crippen LogP contribution in [0.25, 0.3) is 0 Å². The van der Waals surface area contributed by atoms with E-state index in [1.54, 1.807) is 25.1 Å². The van der Waals surface area contributed by atoms with Crippen LogP contribution in [0.15, 0.2) is 40.6 Å². The SMILES string of the molecule is CCOC(=O)/C=C/Sc1ccccc1[N+](=O)[O-]. The summed E-state index contributed by atoms with van der Waals surface area (Å²) in [6.07, 6.45) is 1.24. The predicted octanol–water partition coefficient (Wildman–Crippen LogP) is 2.76. The second-order valence-electron chi connectivity index (χ2n) is 2.90. The van der Waals surface area contributed by atoms with Crippen molar-refractivity contribution in [3.63, 3.8) is 0 Å². The van der Waals surface area contributed by atoms with Crippen molar-refractivity contribution in [1.29, 1.82) is 0 Å². The minimum Gasteiger partial charge on any atom is -0.463 e. The number of benzene rings is 1. The van der Waals surface area contributed by atoms with Gasteiger partial charge in [-0.15, -0.1) is 0 Å². The highest BCUT2D eigenvalue weighted by Crippen LogP contribution is 2.29. The third-order valence-electron chi connectivity index (χ3n) is 1.75. The van der Waals surface area contributed by atoms with Gasteiger partial charge in [0.15, 0.2) is 0 Å². The summed E-state index contributed by atoms with van der Waals surface area (Å²) in [5.74, 6) is -0.460. The highest BCUT2D eigenvalue weighted by molar-refractivity contribution is 8.02. The highest BCUT2D eigenvalue weighted by Gasteiger charge is 2.11. The fraction of sp³-hybridized carbons (Fsp3) is 0.182. The van der Waals surface area contributed by atoms with Crippen molar-refractivity contribution in [1.82, 2.24) is 0 Å². The first kappa shape index (κ1) is 13.2. The van der Waals surface area contributed by atoms with Gasteiger partial charge in [-0.25, -0.2) is 4.79 Å². The summed E-state index contributed by atoms with van der Waals surface area (Å²) in [7, 11) is 0. The van der Waals surface area contributed by atoms with Crippen molar-refractivity contribution in [3.8, 4) is 0 Å².